The highest BCUT2D eigenvalue weighted by Gasteiger charge is 2.10. The van der Waals surface area contributed by atoms with Gasteiger partial charge >= 0.3 is 0 Å². The molecule has 0 atom stereocenters. The predicted molar refractivity (Wildman–Crippen MR) is 61.9 cm³/mol. The van der Waals surface area contributed by atoms with Gasteiger partial charge in [-0.15, -0.1) is 0 Å². The van der Waals surface area contributed by atoms with E-state index in [1.54, 1.807) is 19.0 Å². The summed E-state index contributed by atoms with van der Waals surface area (Å²) in [6.45, 7) is 5.42. The van der Waals surface area contributed by atoms with Crippen molar-refractivity contribution in [1.29, 1.82) is 0 Å². The summed E-state index contributed by atoms with van der Waals surface area (Å²) in [5, 5.41) is 3.31. The Morgan fingerprint density at radius 3 is 2.53 bits per heavy atom. The summed E-state index contributed by atoms with van der Waals surface area (Å²) in [6, 6.07) is 0. The van der Waals surface area contributed by atoms with Crippen molar-refractivity contribution in [2.45, 2.75) is 19.3 Å². The maximum atomic E-state index is 11.2. The molecule has 1 aliphatic heterocycles. The second kappa shape index (κ2) is 6.80. The number of hydrogen-bond donors (Lipinski definition) is 1. The molecule has 4 nitrogen and oxygen atoms in total. The van der Waals surface area contributed by atoms with Crippen molar-refractivity contribution < 1.29 is 4.79 Å². The zero-order chi connectivity index (χ0) is 11.1. The van der Waals surface area contributed by atoms with E-state index in [2.05, 4.69) is 10.2 Å². The fourth-order valence-electron chi connectivity index (χ4n) is 1.79. The smallest absolute Gasteiger partial charge is 0.223 e. The van der Waals surface area contributed by atoms with Crippen LogP contribution in [-0.4, -0.2) is 62.5 Å². The quantitative estimate of drug-likeness (QED) is 0.638. The number of likely N-dealkylation sites (tertiary alicyclic amines) is 1. The fourth-order valence-corrected chi connectivity index (χ4v) is 1.79. The van der Waals surface area contributed by atoms with Gasteiger partial charge in [-0.1, -0.05) is 0 Å². The summed E-state index contributed by atoms with van der Waals surface area (Å²) in [5.74, 6) is 0.198. The van der Waals surface area contributed by atoms with Crippen LogP contribution in [0.2, 0.25) is 0 Å². The van der Waals surface area contributed by atoms with Crippen molar-refractivity contribution in [2.24, 2.45) is 0 Å². The Morgan fingerprint density at radius 1 is 1.27 bits per heavy atom. The zero-order valence-corrected chi connectivity index (χ0v) is 9.96. The van der Waals surface area contributed by atoms with Gasteiger partial charge in [-0.3, -0.25) is 4.79 Å². The lowest BCUT2D eigenvalue weighted by Crippen LogP contribution is -2.32. The highest BCUT2D eigenvalue weighted by molar-refractivity contribution is 5.75. The van der Waals surface area contributed by atoms with Gasteiger partial charge in [0.2, 0.25) is 5.91 Å². The Hall–Kier alpha value is -0.610. The molecule has 4 heteroatoms. The molecule has 0 unspecified atom stereocenters. The van der Waals surface area contributed by atoms with Crippen LogP contribution in [0.3, 0.4) is 0 Å². The number of amides is 1. The first-order chi connectivity index (χ1) is 7.20. The molecule has 88 valence electrons. The lowest BCUT2D eigenvalue weighted by atomic mass is 10.4. The van der Waals surface area contributed by atoms with Gasteiger partial charge in [0, 0.05) is 40.2 Å². The molecule has 15 heavy (non-hydrogen) atoms. The largest absolute Gasteiger partial charge is 0.349 e. The van der Waals surface area contributed by atoms with Crippen molar-refractivity contribution in [3.05, 3.63) is 0 Å². The SMILES string of the molecule is CN(C)C(=O)CCNCCN1CCCC1. The minimum atomic E-state index is 0.198. The van der Waals surface area contributed by atoms with Crippen LogP contribution in [0, 0.1) is 0 Å². The van der Waals surface area contributed by atoms with Crippen molar-refractivity contribution in [2.75, 3.05) is 46.8 Å². The van der Waals surface area contributed by atoms with E-state index >= 15 is 0 Å². The van der Waals surface area contributed by atoms with Crippen LogP contribution in [0.25, 0.3) is 0 Å². The van der Waals surface area contributed by atoms with Crippen molar-refractivity contribution in [3.63, 3.8) is 0 Å². The molecule has 0 aromatic rings. The molecule has 1 fully saturated rings. The van der Waals surface area contributed by atoms with Crippen LogP contribution in [0.15, 0.2) is 0 Å². The lowest BCUT2D eigenvalue weighted by Gasteiger charge is -2.15. The maximum absolute atomic E-state index is 11.2. The van der Waals surface area contributed by atoms with Gasteiger partial charge in [0.15, 0.2) is 0 Å². The van der Waals surface area contributed by atoms with Crippen LogP contribution in [0.4, 0.5) is 0 Å². The molecular weight excluding hydrogens is 190 g/mol. The second-order valence-electron chi connectivity index (χ2n) is 4.34. The van der Waals surface area contributed by atoms with E-state index in [4.69, 9.17) is 0 Å². The van der Waals surface area contributed by atoms with Gasteiger partial charge in [-0.05, 0) is 25.9 Å². The molecule has 0 aliphatic carbocycles. The molecular formula is C11H23N3O. The molecule has 1 amide bonds. The van der Waals surface area contributed by atoms with Gasteiger partial charge in [-0.2, -0.15) is 0 Å². The average Bonchev–Trinajstić information content (AvgIpc) is 2.69. The van der Waals surface area contributed by atoms with Gasteiger partial charge in [0.05, 0.1) is 0 Å². The molecule has 1 N–H and O–H groups in total. The number of rotatable bonds is 6. The van der Waals surface area contributed by atoms with Gasteiger partial charge in [-0.25, -0.2) is 0 Å². The van der Waals surface area contributed by atoms with Crippen LogP contribution in [-0.2, 0) is 4.79 Å². The minimum absolute atomic E-state index is 0.198. The summed E-state index contributed by atoms with van der Waals surface area (Å²) in [4.78, 5) is 15.4. The molecule has 1 heterocycles. The normalized spacial score (nSPS) is 16.9. The molecule has 1 saturated heterocycles. The standard InChI is InChI=1S/C11H23N3O/c1-13(2)11(15)5-6-12-7-10-14-8-3-4-9-14/h12H,3-10H2,1-2H3. The van der Waals surface area contributed by atoms with Crippen molar-refractivity contribution >= 4 is 5.91 Å². The fraction of sp³-hybridized carbons (Fsp3) is 0.909. The monoisotopic (exact) mass is 213 g/mol. The highest BCUT2D eigenvalue weighted by atomic mass is 16.2. The van der Waals surface area contributed by atoms with E-state index in [-0.39, 0.29) is 5.91 Å². The Labute approximate surface area is 92.6 Å². The number of hydrogen-bond acceptors (Lipinski definition) is 3. The van der Waals surface area contributed by atoms with Crippen LogP contribution >= 0.6 is 0 Å². The van der Waals surface area contributed by atoms with E-state index < -0.39 is 0 Å². The Morgan fingerprint density at radius 2 is 1.93 bits per heavy atom. The third kappa shape index (κ3) is 5.14. The molecule has 0 spiro atoms. The lowest BCUT2D eigenvalue weighted by molar-refractivity contribution is -0.128. The molecule has 0 aromatic heterocycles. The number of nitrogens with zero attached hydrogens (tertiary/aromatic N) is 2. The van der Waals surface area contributed by atoms with E-state index in [1.807, 2.05) is 0 Å². The average molecular weight is 213 g/mol. The summed E-state index contributed by atoms with van der Waals surface area (Å²) in [7, 11) is 3.60. The third-order valence-corrected chi connectivity index (χ3v) is 2.82. The van der Waals surface area contributed by atoms with E-state index in [0.29, 0.717) is 6.42 Å². The first-order valence-corrected chi connectivity index (χ1v) is 5.83. The maximum Gasteiger partial charge on any atom is 0.223 e. The molecule has 0 radical (unpaired) electrons. The van der Waals surface area contributed by atoms with Gasteiger partial charge in [0.1, 0.15) is 0 Å². The molecule has 1 aliphatic rings. The van der Waals surface area contributed by atoms with Crippen LogP contribution in [0.5, 0.6) is 0 Å². The highest BCUT2D eigenvalue weighted by Crippen LogP contribution is 2.05. The minimum Gasteiger partial charge on any atom is -0.349 e. The summed E-state index contributed by atoms with van der Waals surface area (Å²) in [6.07, 6.45) is 3.30. The Balaban J connectivity index is 1.90. The molecule has 0 saturated carbocycles. The first-order valence-electron chi connectivity index (χ1n) is 5.83. The summed E-state index contributed by atoms with van der Waals surface area (Å²) < 4.78 is 0. The first kappa shape index (κ1) is 12.5. The van der Waals surface area contributed by atoms with Crippen molar-refractivity contribution in [1.82, 2.24) is 15.1 Å². The molecule has 1 rings (SSSR count). The van der Waals surface area contributed by atoms with E-state index in [0.717, 1.165) is 19.6 Å². The third-order valence-electron chi connectivity index (χ3n) is 2.82. The molecule has 0 bridgehead atoms. The van der Waals surface area contributed by atoms with Crippen LogP contribution < -0.4 is 5.32 Å². The van der Waals surface area contributed by atoms with Gasteiger partial charge < -0.3 is 15.1 Å². The van der Waals surface area contributed by atoms with E-state index in [1.165, 1.54) is 25.9 Å². The number of nitrogens with one attached hydrogen (secondary N) is 1. The predicted octanol–water partition coefficient (Wildman–Crippen LogP) is 0.150. The van der Waals surface area contributed by atoms with Crippen molar-refractivity contribution in [3.8, 4) is 0 Å². The van der Waals surface area contributed by atoms with E-state index in [9.17, 15) is 4.79 Å². The second-order valence-corrected chi connectivity index (χ2v) is 4.34. The zero-order valence-electron chi connectivity index (χ0n) is 9.96. The Bertz CT molecular complexity index is 188. The molecule has 0 aromatic carbocycles. The number of carbonyl (C=O) groups excluding carboxylic acids is 1. The number of carbonyl (C=O) groups is 1. The summed E-state index contributed by atoms with van der Waals surface area (Å²) in [5.41, 5.74) is 0. The van der Waals surface area contributed by atoms with Gasteiger partial charge in [0.25, 0.3) is 0 Å². The van der Waals surface area contributed by atoms with Crippen LogP contribution in [0.1, 0.15) is 19.3 Å². The Kier molecular flexibility index (Phi) is 5.65. The summed E-state index contributed by atoms with van der Waals surface area (Å²) >= 11 is 0. The topological polar surface area (TPSA) is 35.6 Å².